The monoisotopic (exact) mass is 352 g/mol. The van der Waals surface area contributed by atoms with Gasteiger partial charge in [0.1, 0.15) is 0 Å². The number of carbonyl (C=O) groups excluding carboxylic acids is 2. The molecule has 0 radical (unpaired) electrons. The first-order valence-electron chi connectivity index (χ1n) is 10.9. The van der Waals surface area contributed by atoms with Crippen molar-refractivity contribution in [2.24, 2.45) is 11.8 Å². The fourth-order valence-electron chi connectivity index (χ4n) is 3.75. The molecule has 0 bridgehead atoms. The van der Waals surface area contributed by atoms with Crippen LogP contribution in [0.15, 0.2) is 0 Å². The van der Waals surface area contributed by atoms with E-state index in [2.05, 4.69) is 18.6 Å². The van der Waals surface area contributed by atoms with Crippen LogP contribution in [-0.2, 0) is 14.3 Å². The molecule has 1 heterocycles. The molecule has 0 aromatic rings. The third-order valence-electron chi connectivity index (χ3n) is 5.51. The first-order valence-corrected chi connectivity index (χ1v) is 10.9. The zero-order valence-electron chi connectivity index (χ0n) is 16.7. The predicted octanol–water partition coefficient (Wildman–Crippen LogP) is 6.58. The van der Waals surface area contributed by atoms with Crippen LogP contribution in [-0.4, -0.2) is 11.9 Å². The highest BCUT2D eigenvalue weighted by Crippen LogP contribution is 2.23. The van der Waals surface area contributed by atoms with Crippen molar-refractivity contribution in [2.45, 2.75) is 117 Å². The maximum atomic E-state index is 11.3. The van der Waals surface area contributed by atoms with Crippen molar-refractivity contribution in [3.8, 4) is 0 Å². The molecule has 0 aromatic heterocycles. The smallest absolute Gasteiger partial charge is 0.317 e. The van der Waals surface area contributed by atoms with Gasteiger partial charge in [0.2, 0.25) is 0 Å². The van der Waals surface area contributed by atoms with Gasteiger partial charge in [0, 0.05) is 0 Å². The predicted molar refractivity (Wildman–Crippen MR) is 103 cm³/mol. The van der Waals surface area contributed by atoms with Crippen LogP contribution < -0.4 is 0 Å². The number of unbranched alkanes of at least 4 members (excludes halogenated alkanes) is 10. The molecular weight excluding hydrogens is 312 g/mol. The van der Waals surface area contributed by atoms with Crippen molar-refractivity contribution < 1.29 is 14.3 Å². The number of hydrogen-bond donors (Lipinski definition) is 0. The molecule has 1 saturated heterocycles. The van der Waals surface area contributed by atoms with E-state index in [9.17, 15) is 9.59 Å². The standard InChI is InChI=1S/C22H40O3/c1-3-4-12-15-19(2)16-13-10-8-6-5-7-9-11-14-17-20-18-21(23)25-22(20)24/h19-20H,3-18H2,1-2H3. The molecule has 1 fully saturated rings. The van der Waals surface area contributed by atoms with Crippen LogP contribution in [0, 0.1) is 11.8 Å². The van der Waals surface area contributed by atoms with Crippen LogP contribution in [0.3, 0.4) is 0 Å². The fourth-order valence-corrected chi connectivity index (χ4v) is 3.75. The van der Waals surface area contributed by atoms with Crippen LogP contribution in [0.5, 0.6) is 0 Å². The lowest BCUT2D eigenvalue weighted by atomic mass is 9.96. The van der Waals surface area contributed by atoms with Crippen LogP contribution in [0.2, 0.25) is 0 Å². The average molecular weight is 353 g/mol. The molecule has 0 amide bonds. The molecule has 2 unspecified atom stereocenters. The fraction of sp³-hybridized carbons (Fsp3) is 0.909. The van der Waals surface area contributed by atoms with Crippen molar-refractivity contribution in [3.05, 3.63) is 0 Å². The molecule has 0 aliphatic carbocycles. The van der Waals surface area contributed by atoms with Crippen LogP contribution in [0.4, 0.5) is 0 Å². The van der Waals surface area contributed by atoms with Gasteiger partial charge in [-0.1, -0.05) is 104 Å². The summed E-state index contributed by atoms with van der Waals surface area (Å²) in [6.45, 7) is 4.69. The Morgan fingerprint density at radius 3 is 1.88 bits per heavy atom. The molecular formula is C22H40O3. The second-order valence-corrected chi connectivity index (χ2v) is 8.05. The lowest BCUT2D eigenvalue weighted by molar-refractivity contribution is -0.153. The Hall–Kier alpha value is -0.860. The Morgan fingerprint density at radius 1 is 0.840 bits per heavy atom. The van der Waals surface area contributed by atoms with Gasteiger partial charge in [-0.05, 0) is 12.3 Å². The largest absolute Gasteiger partial charge is 0.393 e. The molecule has 0 spiro atoms. The van der Waals surface area contributed by atoms with E-state index in [0.717, 1.165) is 18.8 Å². The Balaban J connectivity index is 1.79. The molecule has 2 atom stereocenters. The zero-order chi connectivity index (χ0) is 18.3. The summed E-state index contributed by atoms with van der Waals surface area (Å²) in [4.78, 5) is 22.3. The van der Waals surface area contributed by atoms with Gasteiger partial charge in [-0.3, -0.25) is 9.59 Å². The van der Waals surface area contributed by atoms with E-state index < -0.39 is 0 Å². The quantitative estimate of drug-likeness (QED) is 0.179. The van der Waals surface area contributed by atoms with Crippen molar-refractivity contribution in [1.82, 2.24) is 0 Å². The molecule has 0 N–H and O–H groups in total. The lowest BCUT2D eigenvalue weighted by Crippen LogP contribution is -2.06. The first kappa shape index (κ1) is 22.2. The lowest BCUT2D eigenvalue weighted by Gasteiger charge is -2.10. The number of carbonyl (C=O) groups is 2. The average Bonchev–Trinajstić information content (AvgIpc) is 2.90. The number of esters is 2. The van der Waals surface area contributed by atoms with E-state index >= 15 is 0 Å². The maximum absolute atomic E-state index is 11.3. The SMILES string of the molecule is CCCCCC(C)CCCCCCCCCCCC1CC(=O)OC1=O. The molecule has 146 valence electrons. The van der Waals surface area contributed by atoms with Gasteiger partial charge in [-0.25, -0.2) is 0 Å². The van der Waals surface area contributed by atoms with E-state index in [0.29, 0.717) is 6.42 Å². The second kappa shape index (κ2) is 14.3. The summed E-state index contributed by atoms with van der Waals surface area (Å²) < 4.78 is 4.58. The molecule has 3 heteroatoms. The highest BCUT2D eigenvalue weighted by atomic mass is 16.6. The summed E-state index contributed by atoms with van der Waals surface area (Å²) in [5.74, 6) is 0.117. The summed E-state index contributed by atoms with van der Waals surface area (Å²) in [7, 11) is 0. The minimum absolute atomic E-state index is 0.156. The van der Waals surface area contributed by atoms with Gasteiger partial charge in [-0.15, -0.1) is 0 Å². The molecule has 1 rings (SSSR count). The van der Waals surface area contributed by atoms with E-state index in [1.165, 1.54) is 83.5 Å². The molecule has 0 aromatic carbocycles. The van der Waals surface area contributed by atoms with Crippen LogP contribution in [0.25, 0.3) is 0 Å². The highest BCUT2D eigenvalue weighted by Gasteiger charge is 2.32. The van der Waals surface area contributed by atoms with Gasteiger partial charge in [0.05, 0.1) is 12.3 Å². The molecule has 0 saturated carbocycles. The topological polar surface area (TPSA) is 43.4 Å². The Kier molecular flexibility index (Phi) is 12.7. The number of ether oxygens (including phenoxy) is 1. The zero-order valence-corrected chi connectivity index (χ0v) is 16.7. The minimum atomic E-state index is -0.342. The highest BCUT2D eigenvalue weighted by molar-refractivity contribution is 5.94. The Labute approximate surface area is 155 Å². The summed E-state index contributed by atoms with van der Waals surface area (Å²) in [6, 6.07) is 0. The Bertz CT molecular complexity index is 364. The van der Waals surface area contributed by atoms with Gasteiger partial charge < -0.3 is 4.74 Å². The van der Waals surface area contributed by atoms with Gasteiger partial charge in [0.25, 0.3) is 0 Å². The van der Waals surface area contributed by atoms with Crippen LogP contribution >= 0.6 is 0 Å². The minimum Gasteiger partial charge on any atom is -0.393 e. The first-order chi connectivity index (χ1) is 12.1. The molecule has 1 aliphatic rings. The van der Waals surface area contributed by atoms with Gasteiger partial charge >= 0.3 is 11.9 Å². The van der Waals surface area contributed by atoms with Crippen molar-refractivity contribution in [2.75, 3.05) is 0 Å². The summed E-state index contributed by atoms with van der Waals surface area (Å²) >= 11 is 0. The second-order valence-electron chi connectivity index (χ2n) is 8.05. The van der Waals surface area contributed by atoms with Gasteiger partial charge in [-0.2, -0.15) is 0 Å². The van der Waals surface area contributed by atoms with Gasteiger partial charge in [0.15, 0.2) is 0 Å². The number of rotatable bonds is 16. The van der Waals surface area contributed by atoms with E-state index in [1.54, 1.807) is 0 Å². The molecule has 25 heavy (non-hydrogen) atoms. The Morgan fingerprint density at radius 2 is 1.36 bits per heavy atom. The summed E-state index contributed by atoms with van der Waals surface area (Å²) in [6.07, 6.45) is 19.8. The number of hydrogen-bond acceptors (Lipinski definition) is 3. The number of cyclic esters (lactones) is 2. The van der Waals surface area contributed by atoms with Crippen LogP contribution in [0.1, 0.15) is 117 Å². The maximum Gasteiger partial charge on any atom is 0.317 e. The third-order valence-corrected chi connectivity index (χ3v) is 5.51. The van der Waals surface area contributed by atoms with E-state index in [1.807, 2.05) is 0 Å². The van der Waals surface area contributed by atoms with Crippen molar-refractivity contribution in [3.63, 3.8) is 0 Å². The van der Waals surface area contributed by atoms with E-state index in [4.69, 9.17) is 0 Å². The summed E-state index contributed by atoms with van der Waals surface area (Å²) in [5.41, 5.74) is 0. The van der Waals surface area contributed by atoms with E-state index in [-0.39, 0.29) is 17.9 Å². The third kappa shape index (κ3) is 11.4. The van der Waals surface area contributed by atoms with Crippen molar-refractivity contribution in [1.29, 1.82) is 0 Å². The summed E-state index contributed by atoms with van der Waals surface area (Å²) in [5, 5.41) is 0. The molecule has 3 nitrogen and oxygen atoms in total. The normalized spacial score (nSPS) is 18.6. The molecule has 1 aliphatic heterocycles. The van der Waals surface area contributed by atoms with Crippen molar-refractivity contribution >= 4 is 11.9 Å².